The molecule has 1 aromatic rings. The summed E-state index contributed by atoms with van der Waals surface area (Å²) in [5.74, 6) is 0.826. The van der Waals surface area contributed by atoms with Crippen LogP contribution >= 0.6 is 15.9 Å². The molecule has 82 valence electrons. The van der Waals surface area contributed by atoms with Crippen molar-refractivity contribution in [3.05, 3.63) is 28.8 Å². The molecule has 2 atom stereocenters. The Hall–Kier alpha value is -0.540. The molecular weight excluding hydrogens is 256 g/mol. The third-order valence-electron chi connectivity index (χ3n) is 3.05. The molecule has 1 aromatic carbocycles. The second-order valence-corrected chi connectivity index (χ2v) is 5.19. The number of hydrogen-bond acceptors (Lipinski definition) is 2. The molecule has 2 unspecified atom stereocenters. The molecule has 15 heavy (non-hydrogen) atoms. The zero-order valence-electron chi connectivity index (χ0n) is 8.96. The SMILES string of the molecule is COc1cc(C)c2c(c1)C(O)C(Br)CC2. The summed E-state index contributed by atoms with van der Waals surface area (Å²) in [5, 5.41) is 10.1. The Morgan fingerprint density at radius 2 is 2.20 bits per heavy atom. The van der Waals surface area contributed by atoms with Crippen molar-refractivity contribution in [3.63, 3.8) is 0 Å². The van der Waals surface area contributed by atoms with E-state index in [2.05, 4.69) is 22.9 Å². The van der Waals surface area contributed by atoms with Crippen LogP contribution in [0.1, 0.15) is 29.2 Å². The molecule has 3 heteroatoms. The van der Waals surface area contributed by atoms with Crippen LogP contribution in [0.4, 0.5) is 0 Å². The van der Waals surface area contributed by atoms with Gasteiger partial charge in [-0.3, -0.25) is 0 Å². The van der Waals surface area contributed by atoms with E-state index >= 15 is 0 Å². The summed E-state index contributed by atoms with van der Waals surface area (Å²) >= 11 is 3.50. The predicted molar refractivity (Wildman–Crippen MR) is 63.7 cm³/mol. The first-order valence-electron chi connectivity index (χ1n) is 5.13. The smallest absolute Gasteiger partial charge is 0.119 e. The molecule has 0 saturated carbocycles. The minimum absolute atomic E-state index is 0.163. The number of aliphatic hydroxyl groups is 1. The largest absolute Gasteiger partial charge is 0.497 e. The second-order valence-electron chi connectivity index (χ2n) is 4.01. The number of aliphatic hydroxyl groups excluding tert-OH is 1. The lowest BCUT2D eigenvalue weighted by Crippen LogP contribution is -2.21. The lowest BCUT2D eigenvalue weighted by molar-refractivity contribution is 0.165. The summed E-state index contributed by atoms with van der Waals surface area (Å²) in [6.45, 7) is 2.07. The van der Waals surface area contributed by atoms with Crippen LogP contribution in [0.2, 0.25) is 0 Å². The molecule has 0 aliphatic heterocycles. The number of hydrogen-bond donors (Lipinski definition) is 1. The van der Waals surface area contributed by atoms with E-state index in [9.17, 15) is 5.11 Å². The molecule has 0 bridgehead atoms. The highest BCUT2D eigenvalue weighted by Gasteiger charge is 2.27. The highest BCUT2D eigenvalue weighted by Crippen LogP contribution is 2.37. The molecule has 1 aliphatic carbocycles. The van der Waals surface area contributed by atoms with E-state index in [4.69, 9.17) is 4.74 Å². The maximum absolute atomic E-state index is 10.1. The summed E-state index contributed by atoms with van der Waals surface area (Å²) in [4.78, 5) is 0.163. The minimum Gasteiger partial charge on any atom is -0.497 e. The molecule has 0 fully saturated rings. The molecule has 0 amide bonds. The Morgan fingerprint density at radius 3 is 2.87 bits per heavy atom. The maximum Gasteiger partial charge on any atom is 0.119 e. The predicted octanol–water partition coefficient (Wildman–Crippen LogP) is 2.75. The van der Waals surface area contributed by atoms with Crippen LogP contribution in [0, 0.1) is 6.92 Å². The molecule has 2 rings (SSSR count). The summed E-state index contributed by atoms with van der Waals surface area (Å²) in [6.07, 6.45) is 1.60. The van der Waals surface area contributed by atoms with Gasteiger partial charge < -0.3 is 9.84 Å². The molecule has 0 aromatic heterocycles. The van der Waals surface area contributed by atoms with Gasteiger partial charge in [0.05, 0.1) is 13.2 Å². The van der Waals surface area contributed by atoms with Crippen molar-refractivity contribution < 1.29 is 9.84 Å². The lowest BCUT2D eigenvalue weighted by atomic mass is 9.86. The number of alkyl halides is 1. The van der Waals surface area contributed by atoms with E-state index < -0.39 is 6.10 Å². The number of benzene rings is 1. The Bertz CT molecular complexity index is 376. The van der Waals surface area contributed by atoms with Gasteiger partial charge in [-0.05, 0) is 48.6 Å². The minimum atomic E-state index is -0.414. The molecule has 0 heterocycles. The van der Waals surface area contributed by atoms with Crippen molar-refractivity contribution in [2.45, 2.75) is 30.7 Å². The summed E-state index contributed by atoms with van der Waals surface area (Å²) in [7, 11) is 1.65. The van der Waals surface area contributed by atoms with Gasteiger partial charge in [0.15, 0.2) is 0 Å². The van der Waals surface area contributed by atoms with Crippen molar-refractivity contribution >= 4 is 15.9 Å². The summed E-state index contributed by atoms with van der Waals surface area (Å²) < 4.78 is 5.22. The first kappa shape index (κ1) is 11.0. The third kappa shape index (κ3) is 1.91. The topological polar surface area (TPSA) is 29.5 Å². The van der Waals surface area contributed by atoms with Crippen LogP contribution in [-0.2, 0) is 6.42 Å². The second kappa shape index (κ2) is 4.14. The molecule has 2 nitrogen and oxygen atoms in total. The highest BCUT2D eigenvalue weighted by molar-refractivity contribution is 9.09. The van der Waals surface area contributed by atoms with Gasteiger partial charge in [-0.25, -0.2) is 0 Å². The van der Waals surface area contributed by atoms with Crippen LogP contribution in [0.15, 0.2) is 12.1 Å². The van der Waals surface area contributed by atoms with Crippen LogP contribution in [-0.4, -0.2) is 17.0 Å². The molecule has 1 aliphatic rings. The van der Waals surface area contributed by atoms with Crippen molar-refractivity contribution in [1.82, 2.24) is 0 Å². The van der Waals surface area contributed by atoms with Gasteiger partial charge in [0.2, 0.25) is 0 Å². The highest BCUT2D eigenvalue weighted by atomic mass is 79.9. The lowest BCUT2D eigenvalue weighted by Gasteiger charge is -2.28. The summed E-state index contributed by atoms with van der Waals surface area (Å²) in [6, 6.07) is 3.97. The Balaban J connectivity index is 2.51. The van der Waals surface area contributed by atoms with Crippen molar-refractivity contribution in [2.24, 2.45) is 0 Å². The number of aryl methyl sites for hydroxylation is 1. The Morgan fingerprint density at radius 1 is 1.47 bits per heavy atom. The average molecular weight is 271 g/mol. The van der Waals surface area contributed by atoms with Gasteiger partial charge in [-0.15, -0.1) is 0 Å². The van der Waals surface area contributed by atoms with Crippen LogP contribution in [0.3, 0.4) is 0 Å². The Labute approximate surface area is 98.4 Å². The van der Waals surface area contributed by atoms with E-state index in [1.165, 1.54) is 11.1 Å². The van der Waals surface area contributed by atoms with E-state index in [0.717, 1.165) is 24.2 Å². The third-order valence-corrected chi connectivity index (χ3v) is 4.01. The maximum atomic E-state index is 10.1. The normalized spacial score (nSPS) is 24.8. The number of methoxy groups -OCH3 is 1. The fraction of sp³-hybridized carbons (Fsp3) is 0.500. The van der Waals surface area contributed by atoms with Gasteiger partial charge in [-0.2, -0.15) is 0 Å². The van der Waals surface area contributed by atoms with E-state index in [1.807, 2.05) is 12.1 Å². The first-order valence-corrected chi connectivity index (χ1v) is 6.04. The fourth-order valence-electron chi connectivity index (χ4n) is 2.17. The van der Waals surface area contributed by atoms with Crippen molar-refractivity contribution in [1.29, 1.82) is 0 Å². The monoisotopic (exact) mass is 270 g/mol. The molecule has 0 spiro atoms. The van der Waals surface area contributed by atoms with Crippen molar-refractivity contribution in [2.75, 3.05) is 7.11 Å². The molecular formula is C12H15BrO2. The van der Waals surface area contributed by atoms with E-state index in [1.54, 1.807) is 7.11 Å². The van der Waals surface area contributed by atoms with Crippen LogP contribution in [0.5, 0.6) is 5.75 Å². The zero-order valence-corrected chi connectivity index (χ0v) is 10.5. The summed E-state index contributed by atoms with van der Waals surface area (Å²) in [5.41, 5.74) is 3.50. The van der Waals surface area contributed by atoms with Gasteiger partial charge in [-0.1, -0.05) is 15.9 Å². The van der Waals surface area contributed by atoms with Crippen molar-refractivity contribution in [3.8, 4) is 5.75 Å². The fourth-order valence-corrected chi connectivity index (χ4v) is 2.68. The Kier molecular flexibility index (Phi) is 3.03. The van der Waals surface area contributed by atoms with E-state index in [0.29, 0.717) is 0 Å². The van der Waals surface area contributed by atoms with Gasteiger partial charge in [0.25, 0.3) is 0 Å². The van der Waals surface area contributed by atoms with Gasteiger partial charge in [0, 0.05) is 4.83 Å². The van der Waals surface area contributed by atoms with Crippen LogP contribution < -0.4 is 4.74 Å². The first-order chi connectivity index (χ1) is 7.13. The number of rotatable bonds is 1. The van der Waals surface area contributed by atoms with Gasteiger partial charge in [0.1, 0.15) is 5.75 Å². The number of halogens is 1. The molecule has 0 saturated heterocycles. The standard InChI is InChI=1S/C12H15BrO2/c1-7-5-8(15-2)6-10-9(7)3-4-11(13)12(10)14/h5-6,11-12,14H,3-4H2,1-2H3. The number of fused-ring (bicyclic) bond motifs is 1. The zero-order chi connectivity index (χ0) is 11.0. The average Bonchev–Trinajstić information content (AvgIpc) is 2.23. The van der Waals surface area contributed by atoms with Gasteiger partial charge >= 0.3 is 0 Å². The van der Waals surface area contributed by atoms with Crippen LogP contribution in [0.25, 0.3) is 0 Å². The quantitative estimate of drug-likeness (QED) is 0.796. The number of ether oxygens (including phenoxy) is 1. The molecule has 1 N–H and O–H groups in total. The molecule has 0 radical (unpaired) electrons. The van der Waals surface area contributed by atoms with E-state index in [-0.39, 0.29) is 4.83 Å².